The van der Waals surface area contributed by atoms with E-state index in [0.29, 0.717) is 17.2 Å². The molecule has 0 bridgehead atoms. The Morgan fingerprint density at radius 1 is 0.771 bits per heavy atom. The number of hydrogen-bond donors (Lipinski definition) is 0. The van der Waals surface area contributed by atoms with E-state index in [4.69, 9.17) is 9.25 Å². The van der Waals surface area contributed by atoms with E-state index in [1.807, 2.05) is 85.8 Å². The smallest absolute Gasteiger partial charge is 0.266 e. The van der Waals surface area contributed by atoms with Crippen molar-refractivity contribution in [3.8, 4) is 11.3 Å². The number of benzene rings is 3. The number of nitrogens with zero attached hydrogens (tertiary/aromatic N) is 2. The standard InChI is InChI=1S/C28H21BrN2O4/c1-17-7-13-20(14-8-17)30-27(32)24-25(23-16-15-22(34-23)18-9-11-19(29)12-10-18)31(35-26(24)28(30)33)21-5-3-2-4-6-21/h2-16,24-26H,1H3/t24-,25-,26+/m1/s1. The number of hydrogen-bond acceptors (Lipinski definition) is 5. The largest absolute Gasteiger partial charge is 0.459 e. The normalized spacial score (nSPS) is 21.6. The second-order valence-electron chi connectivity index (χ2n) is 8.71. The Labute approximate surface area is 210 Å². The quantitative estimate of drug-likeness (QED) is 0.301. The lowest BCUT2D eigenvalue weighted by atomic mass is 9.94. The number of anilines is 2. The van der Waals surface area contributed by atoms with E-state index in [2.05, 4.69) is 15.9 Å². The van der Waals surface area contributed by atoms with Crippen LogP contribution in [0, 0.1) is 12.8 Å². The van der Waals surface area contributed by atoms with Gasteiger partial charge < -0.3 is 4.42 Å². The number of amides is 2. The van der Waals surface area contributed by atoms with Crippen molar-refractivity contribution in [2.75, 3.05) is 9.96 Å². The Hall–Kier alpha value is -3.68. The van der Waals surface area contributed by atoms with Crippen LogP contribution in [0.15, 0.2) is 99.9 Å². The number of hydroxylamine groups is 1. The molecule has 3 atom stereocenters. The molecular formula is C28H21BrN2O4. The highest BCUT2D eigenvalue weighted by Crippen LogP contribution is 2.48. The van der Waals surface area contributed by atoms with Gasteiger partial charge in [0.2, 0.25) is 5.91 Å². The second kappa shape index (κ2) is 8.52. The van der Waals surface area contributed by atoms with Crippen molar-refractivity contribution in [2.45, 2.75) is 19.1 Å². The molecule has 0 spiro atoms. The van der Waals surface area contributed by atoms with Gasteiger partial charge in [0, 0.05) is 10.0 Å². The van der Waals surface area contributed by atoms with E-state index in [9.17, 15) is 9.59 Å². The molecular weight excluding hydrogens is 508 g/mol. The van der Waals surface area contributed by atoms with Crippen molar-refractivity contribution < 1.29 is 18.8 Å². The predicted molar refractivity (Wildman–Crippen MR) is 136 cm³/mol. The monoisotopic (exact) mass is 528 g/mol. The topological polar surface area (TPSA) is 63.0 Å². The van der Waals surface area contributed by atoms with Crippen LogP contribution in [0.2, 0.25) is 0 Å². The summed E-state index contributed by atoms with van der Waals surface area (Å²) < 4.78 is 7.25. The van der Waals surface area contributed by atoms with E-state index in [1.165, 1.54) is 4.90 Å². The first kappa shape index (κ1) is 21.8. The van der Waals surface area contributed by atoms with Gasteiger partial charge in [-0.05, 0) is 55.5 Å². The van der Waals surface area contributed by atoms with Gasteiger partial charge in [-0.3, -0.25) is 14.4 Å². The fraction of sp³-hybridized carbons (Fsp3) is 0.143. The van der Waals surface area contributed by atoms with Crippen molar-refractivity contribution in [2.24, 2.45) is 5.92 Å². The van der Waals surface area contributed by atoms with Gasteiger partial charge in [0.15, 0.2) is 6.10 Å². The van der Waals surface area contributed by atoms with Gasteiger partial charge in [-0.2, -0.15) is 0 Å². The molecule has 6 nitrogen and oxygen atoms in total. The first-order chi connectivity index (χ1) is 17.0. The van der Waals surface area contributed by atoms with Crippen molar-refractivity contribution in [3.63, 3.8) is 0 Å². The van der Waals surface area contributed by atoms with E-state index < -0.39 is 18.1 Å². The minimum atomic E-state index is -0.935. The second-order valence-corrected chi connectivity index (χ2v) is 9.63. The molecule has 0 unspecified atom stereocenters. The lowest BCUT2D eigenvalue weighted by Crippen LogP contribution is -2.37. The fourth-order valence-corrected chi connectivity index (χ4v) is 5.00. The predicted octanol–water partition coefficient (Wildman–Crippen LogP) is 6.07. The molecule has 2 aliphatic heterocycles. The fourth-order valence-electron chi connectivity index (χ4n) is 4.73. The lowest BCUT2D eigenvalue weighted by molar-refractivity contribution is -0.126. The Kier molecular flexibility index (Phi) is 5.31. The number of halogens is 1. The average molecular weight is 529 g/mol. The summed E-state index contributed by atoms with van der Waals surface area (Å²) in [6.07, 6.45) is -0.935. The molecule has 2 fully saturated rings. The van der Waals surface area contributed by atoms with E-state index >= 15 is 0 Å². The van der Waals surface area contributed by atoms with Crippen LogP contribution in [0.25, 0.3) is 11.3 Å². The molecule has 7 heteroatoms. The molecule has 3 heterocycles. The van der Waals surface area contributed by atoms with Gasteiger partial charge in [-0.25, -0.2) is 9.96 Å². The SMILES string of the molecule is Cc1ccc(N2C(=O)[C@H]3[C@H](ON(c4ccccc4)[C@@H]3c3ccc(-c4ccc(Br)cc4)o3)C2=O)cc1. The molecule has 2 amide bonds. The van der Waals surface area contributed by atoms with E-state index in [0.717, 1.165) is 21.3 Å². The third-order valence-corrected chi connectivity index (χ3v) is 6.99. The molecule has 0 saturated carbocycles. The molecule has 2 aliphatic rings. The van der Waals surface area contributed by atoms with Crippen molar-refractivity contribution in [3.05, 3.63) is 107 Å². The highest BCUT2D eigenvalue weighted by atomic mass is 79.9. The van der Waals surface area contributed by atoms with Crippen LogP contribution in [-0.4, -0.2) is 17.9 Å². The molecule has 35 heavy (non-hydrogen) atoms. The number of fused-ring (bicyclic) bond motifs is 1. The number of para-hydroxylation sites is 1. The summed E-state index contributed by atoms with van der Waals surface area (Å²) in [6.45, 7) is 1.96. The molecule has 1 aromatic heterocycles. The summed E-state index contributed by atoms with van der Waals surface area (Å²) in [6, 6.07) is 27.8. The zero-order valence-electron chi connectivity index (χ0n) is 18.8. The zero-order valence-corrected chi connectivity index (χ0v) is 20.4. The summed E-state index contributed by atoms with van der Waals surface area (Å²) in [5, 5.41) is 1.64. The summed E-state index contributed by atoms with van der Waals surface area (Å²) in [5.41, 5.74) is 3.25. The maximum absolute atomic E-state index is 13.7. The Bertz CT molecular complexity index is 1400. The third kappa shape index (κ3) is 3.68. The Morgan fingerprint density at radius 3 is 2.20 bits per heavy atom. The summed E-state index contributed by atoms with van der Waals surface area (Å²) in [7, 11) is 0. The number of rotatable bonds is 4. The van der Waals surface area contributed by atoms with Crippen molar-refractivity contribution >= 4 is 39.1 Å². The lowest BCUT2D eigenvalue weighted by Gasteiger charge is -2.27. The average Bonchev–Trinajstić information content (AvgIpc) is 3.56. The molecule has 0 aliphatic carbocycles. The van der Waals surface area contributed by atoms with Gasteiger partial charge in [0.05, 0.1) is 11.4 Å². The van der Waals surface area contributed by atoms with Gasteiger partial charge in [0.25, 0.3) is 5.91 Å². The van der Waals surface area contributed by atoms with Crippen molar-refractivity contribution in [1.29, 1.82) is 0 Å². The molecule has 174 valence electrons. The first-order valence-electron chi connectivity index (χ1n) is 11.3. The molecule has 0 N–H and O–H groups in total. The number of carbonyl (C=O) groups excluding carboxylic acids is 2. The van der Waals surface area contributed by atoms with Crippen LogP contribution < -0.4 is 9.96 Å². The minimum Gasteiger partial charge on any atom is -0.459 e. The molecule has 2 saturated heterocycles. The summed E-state index contributed by atoms with van der Waals surface area (Å²) >= 11 is 3.45. The third-order valence-electron chi connectivity index (χ3n) is 6.47. The number of furan rings is 1. The maximum Gasteiger partial charge on any atom is 0.266 e. The summed E-state index contributed by atoms with van der Waals surface area (Å²) in [5.74, 6) is -0.170. The van der Waals surface area contributed by atoms with Crippen molar-refractivity contribution in [1.82, 2.24) is 0 Å². The van der Waals surface area contributed by atoms with Gasteiger partial charge in [-0.1, -0.05) is 64.0 Å². The highest BCUT2D eigenvalue weighted by Gasteiger charge is 2.61. The van der Waals surface area contributed by atoms with Crippen LogP contribution in [-0.2, 0) is 14.4 Å². The number of carbonyl (C=O) groups is 2. The molecule has 6 rings (SSSR count). The minimum absolute atomic E-state index is 0.297. The van der Waals surface area contributed by atoms with Crippen LogP contribution in [0.4, 0.5) is 11.4 Å². The Morgan fingerprint density at radius 2 is 1.49 bits per heavy atom. The molecule has 0 radical (unpaired) electrons. The van der Waals surface area contributed by atoms with Gasteiger partial charge in [0.1, 0.15) is 23.5 Å². The van der Waals surface area contributed by atoms with Crippen LogP contribution >= 0.6 is 15.9 Å². The van der Waals surface area contributed by atoms with Gasteiger partial charge in [-0.15, -0.1) is 0 Å². The first-order valence-corrected chi connectivity index (χ1v) is 12.1. The number of aryl methyl sites for hydroxylation is 1. The highest BCUT2D eigenvalue weighted by molar-refractivity contribution is 9.10. The van der Waals surface area contributed by atoms with Crippen LogP contribution in [0.3, 0.4) is 0 Å². The number of imide groups is 1. The van der Waals surface area contributed by atoms with E-state index in [1.54, 1.807) is 17.2 Å². The maximum atomic E-state index is 13.7. The van der Waals surface area contributed by atoms with Gasteiger partial charge >= 0.3 is 0 Å². The molecule has 4 aromatic rings. The Balaban J connectivity index is 1.41. The zero-order chi connectivity index (χ0) is 24.1. The van der Waals surface area contributed by atoms with Crippen LogP contribution in [0.1, 0.15) is 17.4 Å². The summed E-state index contributed by atoms with van der Waals surface area (Å²) in [4.78, 5) is 34.5. The van der Waals surface area contributed by atoms with Crippen LogP contribution in [0.5, 0.6) is 0 Å². The van der Waals surface area contributed by atoms with E-state index in [-0.39, 0.29) is 11.8 Å². The molecule has 3 aromatic carbocycles.